The lowest BCUT2D eigenvalue weighted by Crippen LogP contribution is -2.20. The molecule has 0 unspecified atom stereocenters. The summed E-state index contributed by atoms with van der Waals surface area (Å²) in [6, 6.07) is 4.91. The van der Waals surface area contributed by atoms with Crippen LogP contribution in [0.15, 0.2) is 24.3 Å². The fourth-order valence-corrected chi connectivity index (χ4v) is 1.38. The minimum atomic E-state index is -4.28. The van der Waals surface area contributed by atoms with Crippen LogP contribution in [0.3, 0.4) is 0 Å². The number of hydrogen-bond donors (Lipinski definition) is 2. The summed E-state index contributed by atoms with van der Waals surface area (Å²) in [4.78, 5) is 10.7. The molecule has 0 radical (unpaired) electrons. The number of carbonyl (C=O) groups excluding carboxylic acids is 1. The standard InChI is InChI=1S/C11H13F3N2O.ClH/c1-7(17)16-9-4-2-8(3-5-9)10(15)6-11(12,13)14;/h2-5,10H,6,15H2,1H3,(H,16,17);1H/t10-;/m0./s1. The lowest BCUT2D eigenvalue weighted by molar-refractivity contribution is -0.138. The topological polar surface area (TPSA) is 55.1 Å². The zero-order valence-corrected chi connectivity index (χ0v) is 10.4. The fourth-order valence-electron chi connectivity index (χ4n) is 1.38. The third-order valence-electron chi connectivity index (χ3n) is 2.11. The molecular weight excluding hydrogens is 269 g/mol. The normalized spacial score (nSPS) is 12.5. The van der Waals surface area contributed by atoms with Gasteiger partial charge < -0.3 is 11.1 Å². The van der Waals surface area contributed by atoms with Crippen LogP contribution in [-0.4, -0.2) is 12.1 Å². The van der Waals surface area contributed by atoms with E-state index >= 15 is 0 Å². The van der Waals surface area contributed by atoms with Crippen molar-refractivity contribution in [3.63, 3.8) is 0 Å². The highest BCUT2D eigenvalue weighted by Crippen LogP contribution is 2.28. The van der Waals surface area contributed by atoms with Crippen molar-refractivity contribution in [1.29, 1.82) is 0 Å². The van der Waals surface area contributed by atoms with Crippen molar-refractivity contribution in [2.75, 3.05) is 5.32 Å². The maximum Gasteiger partial charge on any atom is 0.390 e. The van der Waals surface area contributed by atoms with E-state index in [9.17, 15) is 18.0 Å². The SMILES string of the molecule is CC(=O)Nc1ccc([C@@H](N)CC(F)(F)F)cc1.Cl. The Bertz CT molecular complexity index is 392. The summed E-state index contributed by atoms with van der Waals surface area (Å²) < 4.78 is 36.3. The van der Waals surface area contributed by atoms with Crippen molar-refractivity contribution >= 4 is 24.0 Å². The fraction of sp³-hybridized carbons (Fsp3) is 0.364. The van der Waals surface area contributed by atoms with Crippen LogP contribution in [-0.2, 0) is 4.79 Å². The maximum atomic E-state index is 12.1. The second-order valence-electron chi connectivity index (χ2n) is 3.73. The quantitative estimate of drug-likeness (QED) is 0.895. The van der Waals surface area contributed by atoms with Crippen molar-refractivity contribution in [1.82, 2.24) is 0 Å². The van der Waals surface area contributed by atoms with Gasteiger partial charge in [-0.15, -0.1) is 12.4 Å². The molecule has 0 aromatic heterocycles. The molecule has 7 heteroatoms. The van der Waals surface area contributed by atoms with Crippen molar-refractivity contribution in [2.24, 2.45) is 5.73 Å². The molecule has 3 nitrogen and oxygen atoms in total. The number of alkyl halides is 3. The second kappa shape index (κ2) is 6.61. The van der Waals surface area contributed by atoms with Crippen LogP contribution in [0.25, 0.3) is 0 Å². The van der Waals surface area contributed by atoms with Gasteiger partial charge in [-0.25, -0.2) is 0 Å². The molecule has 1 rings (SSSR count). The first-order valence-corrected chi connectivity index (χ1v) is 4.98. The Balaban J connectivity index is 0.00000289. The number of halogens is 4. The average molecular weight is 283 g/mol. The molecule has 1 amide bonds. The highest BCUT2D eigenvalue weighted by Gasteiger charge is 2.30. The summed E-state index contributed by atoms with van der Waals surface area (Å²) in [6.07, 6.45) is -5.35. The number of carbonyl (C=O) groups is 1. The van der Waals surface area contributed by atoms with E-state index in [0.717, 1.165) is 0 Å². The van der Waals surface area contributed by atoms with Gasteiger partial charge in [0, 0.05) is 18.7 Å². The molecule has 3 N–H and O–H groups in total. The Hall–Kier alpha value is -1.27. The molecule has 0 aliphatic rings. The summed E-state index contributed by atoms with van der Waals surface area (Å²) in [6.45, 7) is 1.35. The van der Waals surface area contributed by atoms with Gasteiger partial charge in [0.15, 0.2) is 0 Å². The van der Waals surface area contributed by atoms with Crippen LogP contribution in [0, 0.1) is 0 Å². The first-order valence-electron chi connectivity index (χ1n) is 4.98. The van der Waals surface area contributed by atoms with Crippen molar-refractivity contribution in [3.05, 3.63) is 29.8 Å². The summed E-state index contributed by atoms with van der Waals surface area (Å²) in [5.41, 5.74) is 6.34. The highest BCUT2D eigenvalue weighted by atomic mass is 35.5. The second-order valence-corrected chi connectivity index (χ2v) is 3.73. The van der Waals surface area contributed by atoms with Gasteiger partial charge in [-0.2, -0.15) is 13.2 Å². The third-order valence-corrected chi connectivity index (χ3v) is 2.11. The van der Waals surface area contributed by atoms with Crippen LogP contribution in [0.1, 0.15) is 24.9 Å². The Kier molecular flexibility index (Phi) is 6.14. The van der Waals surface area contributed by atoms with Gasteiger partial charge in [-0.3, -0.25) is 4.79 Å². The van der Waals surface area contributed by atoms with Gasteiger partial charge in [0.25, 0.3) is 0 Å². The molecule has 1 atom stereocenters. The molecule has 0 heterocycles. The molecule has 1 aromatic rings. The number of nitrogens with two attached hydrogens (primary N) is 1. The van der Waals surface area contributed by atoms with E-state index in [4.69, 9.17) is 5.73 Å². The average Bonchev–Trinajstić information content (AvgIpc) is 2.15. The maximum absolute atomic E-state index is 12.1. The number of hydrogen-bond acceptors (Lipinski definition) is 2. The Morgan fingerprint density at radius 1 is 1.33 bits per heavy atom. The van der Waals surface area contributed by atoms with Gasteiger partial charge in [-0.05, 0) is 17.7 Å². The molecule has 0 spiro atoms. The van der Waals surface area contributed by atoms with Gasteiger partial charge in [-0.1, -0.05) is 12.1 Å². The number of benzene rings is 1. The molecule has 102 valence electrons. The lowest BCUT2D eigenvalue weighted by Gasteiger charge is -2.14. The molecule has 0 saturated heterocycles. The van der Waals surface area contributed by atoms with Crippen LogP contribution in [0.5, 0.6) is 0 Å². The smallest absolute Gasteiger partial charge is 0.326 e. The minimum absolute atomic E-state index is 0. The molecule has 0 aliphatic heterocycles. The minimum Gasteiger partial charge on any atom is -0.326 e. The Morgan fingerprint density at radius 2 is 1.83 bits per heavy atom. The Labute approximate surface area is 109 Å². The Morgan fingerprint density at radius 3 is 2.22 bits per heavy atom. The zero-order valence-electron chi connectivity index (χ0n) is 9.62. The van der Waals surface area contributed by atoms with Gasteiger partial charge in [0.2, 0.25) is 5.91 Å². The van der Waals surface area contributed by atoms with Gasteiger partial charge in [0.1, 0.15) is 0 Å². The number of amides is 1. The highest BCUT2D eigenvalue weighted by molar-refractivity contribution is 5.88. The largest absolute Gasteiger partial charge is 0.390 e. The number of anilines is 1. The summed E-state index contributed by atoms with van der Waals surface area (Å²) >= 11 is 0. The lowest BCUT2D eigenvalue weighted by atomic mass is 10.0. The predicted octanol–water partition coefficient (Wildman–Crippen LogP) is 3.02. The van der Waals surface area contributed by atoms with E-state index in [-0.39, 0.29) is 18.3 Å². The van der Waals surface area contributed by atoms with E-state index in [0.29, 0.717) is 11.3 Å². The molecule has 0 bridgehead atoms. The van der Waals surface area contributed by atoms with Crippen molar-refractivity contribution in [3.8, 4) is 0 Å². The summed E-state index contributed by atoms with van der Waals surface area (Å²) in [7, 11) is 0. The monoisotopic (exact) mass is 282 g/mol. The van der Waals surface area contributed by atoms with E-state index in [1.807, 2.05) is 0 Å². The molecule has 1 aromatic carbocycles. The van der Waals surface area contributed by atoms with Crippen LogP contribution >= 0.6 is 12.4 Å². The molecular formula is C11H14ClF3N2O. The first kappa shape index (κ1) is 16.7. The van der Waals surface area contributed by atoms with Crippen molar-refractivity contribution < 1.29 is 18.0 Å². The van der Waals surface area contributed by atoms with Crippen molar-refractivity contribution in [2.45, 2.75) is 25.6 Å². The third kappa shape index (κ3) is 5.88. The summed E-state index contributed by atoms with van der Waals surface area (Å²) in [5.74, 6) is -0.239. The predicted molar refractivity (Wildman–Crippen MR) is 65.6 cm³/mol. The molecule has 0 saturated carbocycles. The molecule has 0 aliphatic carbocycles. The van der Waals surface area contributed by atoms with E-state index in [2.05, 4.69) is 5.32 Å². The number of rotatable bonds is 3. The van der Waals surface area contributed by atoms with E-state index < -0.39 is 18.6 Å². The molecule has 18 heavy (non-hydrogen) atoms. The van der Waals surface area contributed by atoms with Crippen LogP contribution in [0.4, 0.5) is 18.9 Å². The van der Waals surface area contributed by atoms with Crippen LogP contribution in [0.2, 0.25) is 0 Å². The van der Waals surface area contributed by atoms with E-state index in [1.165, 1.54) is 31.2 Å². The molecule has 0 fully saturated rings. The summed E-state index contributed by atoms with van der Waals surface area (Å²) in [5, 5.41) is 2.52. The first-order chi connectivity index (χ1) is 7.78. The zero-order chi connectivity index (χ0) is 13.1. The van der Waals surface area contributed by atoms with E-state index in [1.54, 1.807) is 0 Å². The van der Waals surface area contributed by atoms with Crippen LogP contribution < -0.4 is 11.1 Å². The van der Waals surface area contributed by atoms with Gasteiger partial charge in [0.05, 0.1) is 6.42 Å². The number of nitrogens with one attached hydrogen (secondary N) is 1. The van der Waals surface area contributed by atoms with Gasteiger partial charge >= 0.3 is 6.18 Å².